The number of anilines is 2. The fourth-order valence-electron chi connectivity index (χ4n) is 3.87. The highest BCUT2D eigenvalue weighted by atomic mass is 16.2. The van der Waals surface area contributed by atoms with E-state index >= 15 is 0 Å². The summed E-state index contributed by atoms with van der Waals surface area (Å²) in [5, 5.41) is 10.6. The maximum Gasteiger partial charge on any atom is 0.252 e. The van der Waals surface area contributed by atoms with Crippen LogP contribution < -0.4 is 10.6 Å². The molecule has 2 N–H and O–H groups in total. The molecular weight excluding hydrogens is 420 g/mol. The number of amides is 1. The Morgan fingerprint density at radius 2 is 2.03 bits per heavy atom. The smallest absolute Gasteiger partial charge is 0.252 e. The van der Waals surface area contributed by atoms with Crippen LogP contribution in [-0.2, 0) is 11.3 Å². The van der Waals surface area contributed by atoms with E-state index in [2.05, 4.69) is 45.6 Å². The van der Waals surface area contributed by atoms with E-state index in [4.69, 9.17) is 0 Å². The first-order valence-electron chi connectivity index (χ1n) is 11.0. The van der Waals surface area contributed by atoms with Crippen molar-refractivity contribution < 1.29 is 4.79 Å². The highest BCUT2D eigenvalue weighted by Gasteiger charge is 2.46. The van der Waals surface area contributed by atoms with Crippen LogP contribution in [0.2, 0.25) is 0 Å². The lowest BCUT2D eigenvalue weighted by Gasteiger charge is -2.07. The van der Waals surface area contributed by atoms with E-state index in [1.165, 1.54) is 24.7 Å². The summed E-state index contributed by atoms with van der Waals surface area (Å²) in [6.45, 7) is 2.30. The molecule has 2 aliphatic carbocycles. The van der Waals surface area contributed by atoms with E-state index in [0.29, 0.717) is 35.7 Å². The van der Waals surface area contributed by atoms with Crippen LogP contribution in [0.4, 0.5) is 11.6 Å². The molecule has 4 aromatic heterocycles. The minimum atomic E-state index is -0.145. The lowest BCUT2D eigenvalue weighted by atomic mass is 10.2. The maximum atomic E-state index is 12.6. The molecule has 0 bridgehead atoms. The van der Waals surface area contributed by atoms with Crippen molar-refractivity contribution in [2.45, 2.75) is 44.6 Å². The van der Waals surface area contributed by atoms with Gasteiger partial charge in [-0.25, -0.2) is 29.4 Å². The number of aromatic nitrogens is 8. The molecule has 0 radical (unpaired) electrons. The summed E-state index contributed by atoms with van der Waals surface area (Å²) in [7, 11) is 0. The van der Waals surface area contributed by atoms with Gasteiger partial charge in [0.15, 0.2) is 5.82 Å². The zero-order chi connectivity index (χ0) is 22.4. The van der Waals surface area contributed by atoms with Crippen LogP contribution in [0.25, 0.3) is 5.78 Å². The Bertz CT molecular complexity index is 1350. The molecule has 2 fully saturated rings. The summed E-state index contributed by atoms with van der Waals surface area (Å²) in [6, 6.07) is 3.54. The van der Waals surface area contributed by atoms with Crippen LogP contribution in [0.15, 0.2) is 37.1 Å². The Balaban J connectivity index is 1.08. The van der Waals surface area contributed by atoms with Crippen molar-refractivity contribution in [3.05, 3.63) is 60.0 Å². The number of carbonyl (C=O) groups is 1. The largest absolute Gasteiger partial charge is 0.363 e. The molecule has 2 atom stereocenters. The summed E-state index contributed by atoms with van der Waals surface area (Å²) >= 11 is 0. The van der Waals surface area contributed by atoms with Crippen molar-refractivity contribution in [1.29, 1.82) is 0 Å². The zero-order valence-electron chi connectivity index (χ0n) is 18.0. The van der Waals surface area contributed by atoms with Crippen LogP contribution in [0, 0.1) is 12.8 Å². The van der Waals surface area contributed by atoms with E-state index < -0.39 is 0 Å². The van der Waals surface area contributed by atoms with Gasteiger partial charge in [-0.3, -0.25) is 4.79 Å². The number of fused-ring (bicyclic) bond motifs is 1. The predicted molar refractivity (Wildman–Crippen MR) is 118 cm³/mol. The minimum Gasteiger partial charge on any atom is -0.363 e. The summed E-state index contributed by atoms with van der Waals surface area (Å²) in [5.74, 6) is 3.34. The van der Waals surface area contributed by atoms with Crippen molar-refractivity contribution in [3.63, 3.8) is 0 Å². The summed E-state index contributed by atoms with van der Waals surface area (Å²) in [4.78, 5) is 38.6. The van der Waals surface area contributed by atoms with Crippen molar-refractivity contribution in [1.82, 2.24) is 39.5 Å². The van der Waals surface area contributed by atoms with Gasteiger partial charge in [0.05, 0.1) is 6.54 Å². The number of carbonyl (C=O) groups excluding carboxylic acids is 1. The van der Waals surface area contributed by atoms with Gasteiger partial charge < -0.3 is 10.6 Å². The molecule has 11 heteroatoms. The Morgan fingerprint density at radius 1 is 1.15 bits per heavy atom. The van der Waals surface area contributed by atoms with Crippen LogP contribution in [0.5, 0.6) is 0 Å². The molecule has 33 heavy (non-hydrogen) atoms. The van der Waals surface area contributed by atoms with Crippen molar-refractivity contribution >= 4 is 23.3 Å². The normalized spacial score (nSPS) is 19.4. The number of hydrogen-bond acceptors (Lipinski definition) is 9. The molecule has 0 aliphatic heterocycles. The van der Waals surface area contributed by atoms with Crippen molar-refractivity contribution in [2.75, 3.05) is 10.6 Å². The molecule has 1 amide bonds. The van der Waals surface area contributed by atoms with Gasteiger partial charge in [0, 0.05) is 42.2 Å². The molecule has 2 aliphatic rings. The summed E-state index contributed by atoms with van der Waals surface area (Å²) in [5.41, 5.74) is 2.10. The quantitative estimate of drug-likeness (QED) is 0.441. The van der Waals surface area contributed by atoms with E-state index in [1.54, 1.807) is 16.8 Å². The van der Waals surface area contributed by atoms with Crippen LogP contribution in [0.3, 0.4) is 0 Å². The van der Waals surface area contributed by atoms with Crippen LogP contribution >= 0.6 is 0 Å². The van der Waals surface area contributed by atoms with Gasteiger partial charge in [-0.2, -0.15) is 4.98 Å². The van der Waals surface area contributed by atoms with E-state index in [0.717, 1.165) is 17.9 Å². The second-order valence-electron chi connectivity index (χ2n) is 8.57. The molecule has 166 valence electrons. The van der Waals surface area contributed by atoms with Gasteiger partial charge in [0.2, 0.25) is 5.91 Å². The fraction of sp³-hybridized carbons (Fsp3) is 0.364. The zero-order valence-corrected chi connectivity index (χ0v) is 18.0. The number of nitrogens with zero attached hydrogens (tertiary/aromatic N) is 8. The molecule has 4 heterocycles. The molecule has 11 nitrogen and oxygen atoms in total. The highest BCUT2D eigenvalue weighted by molar-refractivity contribution is 5.94. The third-order valence-corrected chi connectivity index (χ3v) is 5.92. The second-order valence-corrected chi connectivity index (χ2v) is 8.57. The highest BCUT2D eigenvalue weighted by Crippen LogP contribution is 2.46. The number of aryl methyl sites for hydroxylation is 1. The van der Waals surface area contributed by atoms with Crippen LogP contribution in [0.1, 0.15) is 54.0 Å². The fourth-order valence-corrected chi connectivity index (χ4v) is 3.87. The molecule has 0 aromatic carbocycles. The van der Waals surface area contributed by atoms with Gasteiger partial charge in [0.25, 0.3) is 5.78 Å². The number of nitrogens with one attached hydrogen (secondary N) is 2. The van der Waals surface area contributed by atoms with Crippen molar-refractivity contribution in [2.24, 2.45) is 5.92 Å². The van der Waals surface area contributed by atoms with E-state index in [9.17, 15) is 4.79 Å². The standard InChI is InChI=1S/C22H22N10O/c1-12-4-5-23-20(28-12)15-6-16(15)21(33)29-18-7-17(26-11-27-18)24-9-19-30-22-25-8-14(13-2-3-13)10-32(22)31-19/h4-5,7-8,10-11,13,15-16H,2-3,6,9H2,1H3,(H2,24,26,27,29,33)/t15-,16-/m0/s1. The van der Waals surface area contributed by atoms with E-state index in [-0.39, 0.29) is 17.7 Å². The molecular formula is C22H22N10O. The Kier molecular flexibility index (Phi) is 4.67. The lowest BCUT2D eigenvalue weighted by molar-refractivity contribution is -0.117. The number of hydrogen-bond donors (Lipinski definition) is 2. The first kappa shape index (κ1) is 19.6. The molecule has 4 aromatic rings. The van der Waals surface area contributed by atoms with Gasteiger partial charge in [-0.1, -0.05) is 0 Å². The Labute approximate surface area is 189 Å². The average molecular weight is 442 g/mol. The molecule has 0 saturated heterocycles. The lowest BCUT2D eigenvalue weighted by Crippen LogP contribution is -2.16. The third kappa shape index (κ3) is 4.21. The molecule has 2 saturated carbocycles. The van der Waals surface area contributed by atoms with Gasteiger partial charge in [0.1, 0.15) is 23.8 Å². The maximum absolute atomic E-state index is 12.6. The van der Waals surface area contributed by atoms with Gasteiger partial charge in [-0.15, -0.1) is 5.10 Å². The molecule has 6 rings (SSSR count). The van der Waals surface area contributed by atoms with Gasteiger partial charge >= 0.3 is 0 Å². The Hall–Kier alpha value is -4.02. The first-order valence-corrected chi connectivity index (χ1v) is 11.0. The first-order chi connectivity index (χ1) is 16.1. The minimum absolute atomic E-state index is 0.0551. The van der Waals surface area contributed by atoms with Gasteiger partial charge in [-0.05, 0) is 43.7 Å². The average Bonchev–Trinajstić information content (AvgIpc) is 3.74. The van der Waals surface area contributed by atoms with E-state index in [1.807, 2.05) is 25.4 Å². The third-order valence-electron chi connectivity index (χ3n) is 5.92. The topological polar surface area (TPSA) is 136 Å². The predicted octanol–water partition coefficient (Wildman–Crippen LogP) is 2.24. The van der Waals surface area contributed by atoms with Crippen molar-refractivity contribution in [3.8, 4) is 0 Å². The summed E-state index contributed by atoms with van der Waals surface area (Å²) < 4.78 is 1.72. The molecule has 0 spiro atoms. The van der Waals surface area contributed by atoms with Crippen LogP contribution in [-0.4, -0.2) is 45.4 Å². The Morgan fingerprint density at radius 3 is 2.88 bits per heavy atom. The monoisotopic (exact) mass is 442 g/mol. The second kappa shape index (κ2) is 7.84. The SMILES string of the molecule is Cc1ccnc([C@H]2C[C@@H]2C(=O)Nc2cc(NCc3nc4ncc(C5CC5)cn4n3)ncn2)n1. The molecule has 0 unspecified atom stereocenters. The summed E-state index contributed by atoms with van der Waals surface area (Å²) in [6.07, 6.45) is 10.2. The number of rotatable bonds is 7.